The van der Waals surface area contributed by atoms with Crippen molar-refractivity contribution in [1.82, 2.24) is 14.7 Å². The lowest BCUT2D eigenvalue weighted by Gasteiger charge is -2.13. The first-order valence-corrected chi connectivity index (χ1v) is 4.24. The highest BCUT2D eigenvalue weighted by molar-refractivity contribution is 5.96. The van der Waals surface area contributed by atoms with E-state index >= 15 is 0 Å². The molecular weight excluding hydrogens is 168 g/mol. The summed E-state index contributed by atoms with van der Waals surface area (Å²) in [6.07, 6.45) is 1.88. The topological polar surface area (TPSA) is 64.2 Å². The molecule has 1 aliphatic rings. The molecule has 5 heteroatoms. The van der Waals surface area contributed by atoms with E-state index in [-0.39, 0.29) is 5.91 Å². The number of fused-ring (bicyclic) bond motifs is 1. The van der Waals surface area contributed by atoms with Gasteiger partial charge in [-0.2, -0.15) is 5.10 Å². The first-order chi connectivity index (χ1) is 6.22. The number of nitrogens with zero attached hydrogens (tertiary/aromatic N) is 3. The van der Waals surface area contributed by atoms with Gasteiger partial charge in [-0.15, -0.1) is 0 Å². The summed E-state index contributed by atoms with van der Waals surface area (Å²) in [6.45, 7) is 1.76. The van der Waals surface area contributed by atoms with Crippen LogP contribution in [0.15, 0.2) is 6.20 Å². The molecule has 0 spiro atoms. The van der Waals surface area contributed by atoms with Crippen LogP contribution in [0.5, 0.6) is 0 Å². The van der Waals surface area contributed by atoms with Crippen LogP contribution in [-0.2, 0) is 13.6 Å². The normalized spacial score (nSPS) is 15.2. The van der Waals surface area contributed by atoms with Crippen LogP contribution < -0.4 is 5.73 Å². The van der Waals surface area contributed by atoms with Crippen LogP contribution in [-0.4, -0.2) is 33.7 Å². The highest BCUT2D eigenvalue weighted by atomic mass is 16.2. The molecular formula is C8H12N4O. The molecule has 2 N–H and O–H groups in total. The highest BCUT2D eigenvalue weighted by Gasteiger charge is 2.29. The summed E-state index contributed by atoms with van der Waals surface area (Å²) in [4.78, 5) is 13.3. The predicted molar refractivity (Wildman–Crippen MR) is 47.0 cm³/mol. The fourth-order valence-electron chi connectivity index (χ4n) is 1.60. The largest absolute Gasteiger partial charge is 0.332 e. The molecule has 1 aromatic rings. The zero-order valence-electron chi connectivity index (χ0n) is 7.53. The minimum absolute atomic E-state index is 0.000972. The van der Waals surface area contributed by atoms with Crippen LogP contribution in [0, 0.1) is 0 Å². The Kier molecular flexibility index (Phi) is 1.81. The van der Waals surface area contributed by atoms with Crippen molar-refractivity contribution < 1.29 is 4.79 Å². The number of aryl methyl sites for hydroxylation is 1. The zero-order chi connectivity index (χ0) is 9.42. The molecule has 0 saturated carbocycles. The molecule has 1 aliphatic heterocycles. The van der Waals surface area contributed by atoms with Gasteiger partial charge in [0.2, 0.25) is 0 Å². The Labute approximate surface area is 76.1 Å². The second-order valence-electron chi connectivity index (χ2n) is 3.19. The number of nitrogens with two attached hydrogens (primary N) is 1. The lowest BCUT2D eigenvalue weighted by atomic mass is 10.3. The maximum atomic E-state index is 11.6. The molecule has 0 aliphatic carbocycles. The van der Waals surface area contributed by atoms with Gasteiger partial charge < -0.3 is 10.6 Å². The second kappa shape index (κ2) is 2.85. The van der Waals surface area contributed by atoms with Crippen molar-refractivity contribution in [3.05, 3.63) is 17.5 Å². The minimum atomic E-state index is 0.000972. The summed E-state index contributed by atoms with van der Waals surface area (Å²) in [5.74, 6) is 0.000972. The van der Waals surface area contributed by atoms with E-state index in [0.717, 1.165) is 5.56 Å². The van der Waals surface area contributed by atoms with Crippen molar-refractivity contribution >= 4 is 5.91 Å². The lowest BCUT2D eigenvalue weighted by molar-refractivity contribution is 0.0776. The van der Waals surface area contributed by atoms with Crippen LogP contribution >= 0.6 is 0 Å². The van der Waals surface area contributed by atoms with Gasteiger partial charge in [-0.1, -0.05) is 0 Å². The van der Waals surface area contributed by atoms with E-state index in [0.29, 0.717) is 25.3 Å². The fraction of sp³-hybridized carbons (Fsp3) is 0.500. The van der Waals surface area contributed by atoms with Crippen molar-refractivity contribution in [3.63, 3.8) is 0 Å². The summed E-state index contributed by atoms with van der Waals surface area (Å²) in [7, 11) is 1.82. The van der Waals surface area contributed by atoms with Crippen molar-refractivity contribution in [2.45, 2.75) is 6.54 Å². The molecule has 0 unspecified atom stereocenters. The summed E-state index contributed by atoms with van der Waals surface area (Å²) in [6, 6.07) is 0. The van der Waals surface area contributed by atoms with Crippen molar-refractivity contribution in [2.75, 3.05) is 13.1 Å². The number of carbonyl (C=O) groups excluding carboxylic acids is 1. The minimum Gasteiger partial charge on any atom is -0.332 e. The quantitative estimate of drug-likeness (QED) is 0.656. The van der Waals surface area contributed by atoms with Crippen molar-refractivity contribution in [3.8, 4) is 0 Å². The third kappa shape index (κ3) is 1.21. The van der Waals surface area contributed by atoms with E-state index in [1.807, 2.05) is 13.2 Å². The van der Waals surface area contributed by atoms with Gasteiger partial charge in [-0.05, 0) is 0 Å². The predicted octanol–water partition coefficient (Wildman–Crippen LogP) is -0.665. The van der Waals surface area contributed by atoms with Gasteiger partial charge in [0.05, 0.1) is 0 Å². The van der Waals surface area contributed by atoms with Crippen molar-refractivity contribution in [1.29, 1.82) is 0 Å². The Morgan fingerprint density at radius 1 is 1.69 bits per heavy atom. The number of hydrogen-bond donors (Lipinski definition) is 1. The maximum Gasteiger partial charge on any atom is 0.275 e. The van der Waals surface area contributed by atoms with E-state index < -0.39 is 0 Å². The van der Waals surface area contributed by atoms with Crippen molar-refractivity contribution in [2.24, 2.45) is 12.8 Å². The molecule has 0 bridgehead atoms. The summed E-state index contributed by atoms with van der Waals surface area (Å²) in [5, 5.41) is 4.09. The smallest absolute Gasteiger partial charge is 0.275 e. The SMILES string of the molecule is Cn1cc2c(n1)C(=O)N(CCN)C2. The van der Waals surface area contributed by atoms with Gasteiger partial charge in [0.1, 0.15) is 0 Å². The molecule has 0 aromatic carbocycles. The monoisotopic (exact) mass is 180 g/mol. The van der Waals surface area contributed by atoms with Gasteiger partial charge in [-0.25, -0.2) is 0 Å². The van der Waals surface area contributed by atoms with Gasteiger partial charge in [0.25, 0.3) is 5.91 Å². The summed E-state index contributed by atoms with van der Waals surface area (Å²) in [5.41, 5.74) is 6.97. The Morgan fingerprint density at radius 3 is 3.08 bits per heavy atom. The molecule has 0 radical (unpaired) electrons. The van der Waals surface area contributed by atoms with Gasteiger partial charge in [-0.3, -0.25) is 9.48 Å². The van der Waals surface area contributed by atoms with Gasteiger partial charge >= 0.3 is 0 Å². The average molecular weight is 180 g/mol. The van der Waals surface area contributed by atoms with E-state index in [1.54, 1.807) is 9.58 Å². The van der Waals surface area contributed by atoms with Crippen LogP contribution in [0.25, 0.3) is 0 Å². The number of carbonyl (C=O) groups is 1. The number of hydrogen-bond acceptors (Lipinski definition) is 3. The van der Waals surface area contributed by atoms with Gasteiger partial charge in [0.15, 0.2) is 5.69 Å². The average Bonchev–Trinajstić information content (AvgIpc) is 2.54. The van der Waals surface area contributed by atoms with Crippen LogP contribution in [0.3, 0.4) is 0 Å². The molecule has 0 atom stereocenters. The highest BCUT2D eigenvalue weighted by Crippen LogP contribution is 2.19. The maximum absolute atomic E-state index is 11.6. The molecule has 70 valence electrons. The summed E-state index contributed by atoms with van der Waals surface area (Å²) < 4.78 is 1.67. The Morgan fingerprint density at radius 2 is 2.46 bits per heavy atom. The van der Waals surface area contributed by atoms with Crippen LogP contribution in [0.2, 0.25) is 0 Å². The third-order valence-electron chi connectivity index (χ3n) is 2.15. The fourth-order valence-corrected chi connectivity index (χ4v) is 1.60. The molecule has 2 heterocycles. The second-order valence-corrected chi connectivity index (χ2v) is 3.19. The van der Waals surface area contributed by atoms with E-state index in [9.17, 15) is 4.79 Å². The number of amides is 1. The molecule has 5 nitrogen and oxygen atoms in total. The summed E-state index contributed by atoms with van der Waals surface area (Å²) >= 11 is 0. The number of rotatable bonds is 2. The molecule has 0 fully saturated rings. The van der Waals surface area contributed by atoms with E-state index in [4.69, 9.17) is 5.73 Å². The van der Waals surface area contributed by atoms with Gasteiger partial charge in [0, 0.05) is 38.4 Å². The first kappa shape index (κ1) is 8.25. The van der Waals surface area contributed by atoms with Crippen LogP contribution in [0.4, 0.5) is 0 Å². The standard InChI is InChI=1S/C8H12N4O/c1-11-4-6-5-12(3-2-9)8(13)7(6)10-11/h4H,2-3,5,9H2,1H3. The van der Waals surface area contributed by atoms with E-state index in [2.05, 4.69) is 5.10 Å². The third-order valence-corrected chi connectivity index (χ3v) is 2.15. The van der Waals surface area contributed by atoms with Crippen LogP contribution in [0.1, 0.15) is 16.1 Å². The van der Waals surface area contributed by atoms with E-state index in [1.165, 1.54) is 0 Å². The molecule has 1 aromatic heterocycles. The number of aromatic nitrogens is 2. The molecule has 2 rings (SSSR count). The lowest BCUT2D eigenvalue weighted by Crippen LogP contribution is -2.30. The molecule has 1 amide bonds. The Balaban J connectivity index is 2.25. The first-order valence-electron chi connectivity index (χ1n) is 4.24. The molecule has 0 saturated heterocycles. The Hall–Kier alpha value is -1.36. The zero-order valence-corrected chi connectivity index (χ0v) is 7.53. The molecule has 13 heavy (non-hydrogen) atoms. The Bertz CT molecular complexity index is 344.